The van der Waals surface area contributed by atoms with Crippen molar-refractivity contribution in [2.75, 3.05) is 18.0 Å². The molecule has 1 saturated heterocycles. The van der Waals surface area contributed by atoms with Gasteiger partial charge >= 0.3 is 0 Å². The number of aromatic amines is 1. The fraction of sp³-hybridized carbons (Fsp3) is 0.438. The zero-order valence-corrected chi connectivity index (χ0v) is 12.3. The van der Waals surface area contributed by atoms with Crippen molar-refractivity contribution in [2.45, 2.75) is 25.3 Å². The van der Waals surface area contributed by atoms with Gasteiger partial charge in [0.25, 0.3) is 5.56 Å². The van der Waals surface area contributed by atoms with Crippen LogP contribution in [0.25, 0.3) is 0 Å². The number of pyridine rings is 1. The predicted molar refractivity (Wildman–Crippen MR) is 83.6 cm³/mol. The summed E-state index contributed by atoms with van der Waals surface area (Å²) in [6.45, 7) is 1.61. The van der Waals surface area contributed by atoms with Crippen LogP contribution in [0.15, 0.2) is 35.5 Å². The van der Waals surface area contributed by atoms with Crippen LogP contribution in [0, 0.1) is 5.41 Å². The van der Waals surface area contributed by atoms with Gasteiger partial charge in [-0.1, -0.05) is 6.07 Å². The van der Waals surface area contributed by atoms with Crippen LogP contribution in [0.4, 0.5) is 5.82 Å². The van der Waals surface area contributed by atoms with Gasteiger partial charge in [-0.15, -0.1) is 0 Å². The van der Waals surface area contributed by atoms with Gasteiger partial charge in [0, 0.05) is 43.4 Å². The van der Waals surface area contributed by atoms with Gasteiger partial charge in [-0.3, -0.25) is 9.78 Å². The highest BCUT2D eigenvalue weighted by atomic mass is 16.1. The SMILES string of the molecule is N[C@@H]1c2cccnc2CC12CCN(c1ncc[nH]c1=O)CC2. The van der Waals surface area contributed by atoms with Crippen LogP contribution in [0.2, 0.25) is 0 Å². The largest absolute Gasteiger partial charge is 0.352 e. The first-order valence-corrected chi connectivity index (χ1v) is 7.68. The highest BCUT2D eigenvalue weighted by Gasteiger charge is 2.46. The molecule has 2 aromatic rings. The summed E-state index contributed by atoms with van der Waals surface area (Å²) >= 11 is 0. The summed E-state index contributed by atoms with van der Waals surface area (Å²) in [5.74, 6) is 0.513. The molecule has 0 radical (unpaired) electrons. The Kier molecular flexibility index (Phi) is 3.00. The normalized spacial score (nSPS) is 22.8. The van der Waals surface area contributed by atoms with Gasteiger partial charge in [0.15, 0.2) is 5.82 Å². The lowest BCUT2D eigenvalue weighted by Gasteiger charge is -2.42. The first-order valence-electron chi connectivity index (χ1n) is 7.68. The number of fused-ring (bicyclic) bond motifs is 1. The highest BCUT2D eigenvalue weighted by Crippen LogP contribution is 2.50. The molecule has 3 heterocycles. The molecule has 1 spiro atoms. The predicted octanol–water partition coefficient (Wildman–Crippen LogP) is 1.01. The Balaban J connectivity index is 1.56. The molecular formula is C16H19N5O. The van der Waals surface area contributed by atoms with E-state index in [1.807, 2.05) is 12.3 Å². The van der Waals surface area contributed by atoms with Crippen molar-refractivity contribution in [2.24, 2.45) is 11.1 Å². The summed E-state index contributed by atoms with van der Waals surface area (Å²) in [6, 6.07) is 4.10. The van der Waals surface area contributed by atoms with Crippen LogP contribution in [0.1, 0.15) is 30.1 Å². The van der Waals surface area contributed by atoms with Gasteiger partial charge in [-0.25, -0.2) is 4.98 Å². The number of hydrogen-bond acceptors (Lipinski definition) is 5. The van der Waals surface area contributed by atoms with Gasteiger partial charge in [0.2, 0.25) is 0 Å². The second-order valence-electron chi connectivity index (χ2n) is 6.29. The minimum absolute atomic E-state index is 0.0420. The maximum Gasteiger partial charge on any atom is 0.290 e. The summed E-state index contributed by atoms with van der Waals surface area (Å²) in [7, 11) is 0. The zero-order chi connectivity index (χ0) is 15.2. The maximum atomic E-state index is 11.9. The molecule has 0 saturated carbocycles. The summed E-state index contributed by atoms with van der Waals surface area (Å²) in [5, 5.41) is 0. The molecule has 2 aliphatic rings. The number of anilines is 1. The standard InChI is InChI=1S/C16H19N5O/c17-13-11-2-1-5-18-12(11)10-16(13)3-8-21(9-4-16)14-15(22)20-7-6-19-14/h1-2,5-7,13H,3-4,8-10,17H2,(H,20,22)/t13-/m1/s1. The van der Waals surface area contributed by atoms with Crippen LogP contribution in [-0.2, 0) is 6.42 Å². The molecule has 0 bridgehead atoms. The Morgan fingerprint density at radius 2 is 2.09 bits per heavy atom. The summed E-state index contributed by atoms with van der Waals surface area (Å²) < 4.78 is 0. The summed E-state index contributed by atoms with van der Waals surface area (Å²) in [5.41, 5.74) is 8.81. The van der Waals surface area contributed by atoms with Gasteiger partial charge in [-0.05, 0) is 36.3 Å². The molecular weight excluding hydrogens is 278 g/mol. The molecule has 2 aromatic heterocycles. The lowest BCUT2D eigenvalue weighted by molar-refractivity contribution is 0.186. The van der Waals surface area contributed by atoms with Crippen molar-refractivity contribution in [1.29, 1.82) is 0 Å². The fourth-order valence-corrected chi connectivity index (χ4v) is 3.88. The third-order valence-electron chi connectivity index (χ3n) is 5.19. The van der Waals surface area contributed by atoms with Gasteiger partial charge in [0.05, 0.1) is 0 Å². The monoisotopic (exact) mass is 297 g/mol. The van der Waals surface area contributed by atoms with E-state index in [0.717, 1.165) is 38.0 Å². The van der Waals surface area contributed by atoms with E-state index in [1.165, 1.54) is 5.56 Å². The Labute approximate surface area is 128 Å². The fourth-order valence-electron chi connectivity index (χ4n) is 3.88. The van der Waals surface area contributed by atoms with E-state index in [0.29, 0.717) is 5.82 Å². The Morgan fingerprint density at radius 1 is 1.27 bits per heavy atom. The molecule has 1 atom stereocenters. The second-order valence-corrected chi connectivity index (χ2v) is 6.29. The van der Waals surface area contributed by atoms with Crippen molar-refractivity contribution in [3.05, 3.63) is 52.3 Å². The van der Waals surface area contributed by atoms with Crippen LogP contribution in [0.3, 0.4) is 0 Å². The van der Waals surface area contributed by atoms with Gasteiger partial charge < -0.3 is 15.6 Å². The number of aromatic nitrogens is 3. The second kappa shape index (κ2) is 4.91. The minimum atomic E-state index is -0.126. The summed E-state index contributed by atoms with van der Waals surface area (Å²) in [4.78, 5) is 25.3. The van der Waals surface area contributed by atoms with E-state index in [1.54, 1.807) is 12.4 Å². The van der Waals surface area contributed by atoms with Crippen molar-refractivity contribution in [3.8, 4) is 0 Å². The van der Waals surface area contributed by atoms with Crippen molar-refractivity contribution in [1.82, 2.24) is 15.0 Å². The number of nitrogens with one attached hydrogen (secondary N) is 1. The van der Waals surface area contributed by atoms with E-state index in [4.69, 9.17) is 5.73 Å². The van der Waals surface area contributed by atoms with Crippen LogP contribution >= 0.6 is 0 Å². The minimum Gasteiger partial charge on any atom is -0.352 e. The number of H-pyrrole nitrogens is 1. The van der Waals surface area contributed by atoms with E-state index in [9.17, 15) is 4.79 Å². The topological polar surface area (TPSA) is 87.9 Å². The molecule has 4 rings (SSSR count). The lowest BCUT2D eigenvalue weighted by atomic mass is 9.73. The Bertz CT molecular complexity index is 748. The van der Waals surface area contributed by atoms with Gasteiger partial charge in [0.1, 0.15) is 0 Å². The van der Waals surface area contributed by atoms with Crippen molar-refractivity contribution in [3.63, 3.8) is 0 Å². The molecule has 22 heavy (non-hydrogen) atoms. The smallest absolute Gasteiger partial charge is 0.290 e. The number of hydrogen-bond donors (Lipinski definition) is 2. The first-order chi connectivity index (χ1) is 10.7. The van der Waals surface area contributed by atoms with Crippen LogP contribution < -0.4 is 16.2 Å². The number of nitrogens with two attached hydrogens (primary N) is 1. The maximum absolute atomic E-state index is 11.9. The molecule has 0 aromatic carbocycles. The van der Waals surface area contributed by atoms with Crippen molar-refractivity contribution < 1.29 is 0 Å². The Morgan fingerprint density at radius 3 is 2.82 bits per heavy atom. The molecule has 1 aliphatic heterocycles. The van der Waals surface area contributed by atoms with E-state index in [2.05, 4.69) is 25.9 Å². The van der Waals surface area contributed by atoms with Crippen LogP contribution in [0.5, 0.6) is 0 Å². The van der Waals surface area contributed by atoms with E-state index in [-0.39, 0.29) is 17.0 Å². The number of piperidine rings is 1. The third-order valence-corrected chi connectivity index (χ3v) is 5.19. The zero-order valence-electron chi connectivity index (χ0n) is 12.3. The highest BCUT2D eigenvalue weighted by molar-refractivity contribution is 5.39. The quantitative estimate of drug-likeness (QED) is 0.820. The van der Waals surface area contributed by atoms with Crippen LogP contribution in [-0.4, -0.2) is 28.0 Å². The first kappa shape index (κ1) is 13.5. The third kappa shape index (κ3) is 1.94. The number of rotatable bonds is 1. The molecule has 6 nitrogen and oxygen atoms in total. The molecule has 1 aliphatic carbocycles. The number of nitrogens with zero attached hydrogens (tertiary/aromatic N) is 3. The molecule has 1 fully saturated rings. The molecule has 0 amide bonds. The van der Waals surface area contributed by atoms with E-state index < -0.39 is 0 Å². The molecule has 114 valence electrons. The average Bonchev–Trinajstić information content (AvgIpc) is 2.82. The molecule has 3 N–H and O–H groups in total. The molecule has 0 unspecified atom stereocenters. The van der Waals surface area contributed by atoms with Gasteiger partial charge in [-0.2, -0.15) is 0 Å². The molecule has 6 heteroatoms. The van der Waals surface area contributed by atoms with Crippen molar-refractivity contribution >= 4 is 5.82 Å². The summed E-state index contributed by atoms with van der Waals surface area (Å²) in [6.07, 6.45) is 7.89. The Hall–Kier alpha value is -2.21. The average molecular weight is 297 g/mol. The lowest BCUT2D eigenvalue weighted by Crippen LogP contribution is -2.46. The van der Waals surface area contributed by atoms with E-state index >= 15 is 0 Å².